The van der Waals surface area contributed by atoms with Gasteiger partial charge in [-0.2, -0.15) is 10.4 Å². The van der Waals surface area contributed by atoms with Gasteiger partial charge in [-0.25, -0.2) is 9.07 Å². The molecule has 8 heteroatoms. The van der Waals surface area contributed by atoms with E-state index in [9.17, 15) is 14.4 Å². The van der Waals surface area contributed by atoms with E-state index in [0.29, 0.717) is 12.2 Å². The van der Waals surface area contributed by atoms with Gasteiger partial charge in [0.15, 0.2) is 0 Å². The Hall–Kier alpha value is -2.92. The maximum Gasteiger partial charge on any atom is 0.269 e. The van der Waals surface area contributed by atoms with Crippen molar-refractivity contribution < 1.29 is 4.39 Å². The smallest absolute Gasteiger partial charge is 0.269 e. The van der Waals surface area contributed by atoms with Crippen LogP contribution in [0, 0.1) is 17.1 Å². The van der Waals surface area contributed by atoms with Crippen molar-refractivity contribution in [2.45, 2.75) is 18.9 Å². The number of halogens is 1. The van der Waals surface area contributed by atoms with E-state index in [4.69, 9.17) is 0 Å². The topological polar surface area (TPSA) is 68.4 Å². The van der Waals surface area contributed by atoms with Crippen molar-refractivity contribution in [1.29, 1.82) is 5.26 Å². The highest BCUT2D eigenvalue weighted by atomic mass is 19.1. The Balaban J connectivity index is 1.54. The van der Waals surface area contributed by atoms with Crippen LogP contribution in [0.4, 0.5) is 15.8 Å². The summed E-state index contributed by atoms with van der Waals surface area (Å²) in [6.07, 6.45) is 3.45. The van der Waals surface area contributed by atoms with Crippen LogP contribution in [0.25, 0.3) is 0 Å². The van der Waals surface area contributed by atoms with Gasteiger partial charge in [-0.3, -0.25) is 4.79 Å². The van der Waals surface area contributed by atoms with Crippen LogP contribution in [0.2, 0.25) is 0 Å². The lowest BCUT2D eigenvalue weighted by Gasteiger charge is -2.36. The highest BCUT2D eigenvalue weighted by molar-refractivity contribution is 5.60. The molecule has 2 aliphatic rings. The third-order valence-corrected chi connectivity index (χ3v) is 5.87. The van der Waals surface area contributed by atoms with E-state index in [1.165, 1.54) is 10.7 Å². The second-order valence-electron chi connectivity index (χ2n) is 7.77. The number of anilines is 2. The van der Waals surface area contributed by atoms with Crippen molar-refractivity contribution >= 4 is 11.4 Å². The molecule has 7 nitrogen and oxygen atoms in total. The molecule has 0 spiro atoms. The molecule has 2 aromatic rings. The molecule has 0 bridgehead atoms. The number of hydrogen-bond acceptors (Lipinski definition) is 6. The molecule has 152 valence electrons. The molecule has 4 rings (SSSR count). The van der Waals surface area contributed by atoms with Gasteiger partial charge in [-0.15, -0.1) is 0 Å². The summed E-state index contributed by atoms with van der Waals surface area (Å²) in [6, 6.07) is 8.20. The predicted octanol–water partition coefficient (Wildman–Crippen LogP) is 1.85. The SMILES string of the molecule is CN1CCN(c2cnn([C@@H]3CCCN(c4cccc(F)c4C#N)C3)c(=O)c2)CC1. The van der Waals surface area contributed by atoms with Crippen molar-refractivity contribution in [3.05, 3.63) is 52.2 Å². The summed E-state index contributed by atoms with van der Waals surface area (Å²) in [7, 11) is 2.10. The monoisotopic (exact) mass is 396 g/mol. The normalized spacial score (nSPS) is 20.5. The predicted molar refractivity (Wildman–Crippen MR) is 110 cm³/mol. The summed E-state index contributed by atoms with van der Waals surface area (Å²) in [5, 5.41) is 13.8. The largest absolute Gasteiger partial charge is 0.368 e. The zero-order valence-electron chi connectivity index (χ0n) is 16.6. The van der Waals surface area contributed by atoms with Crippen molar-refractivity contribution in [1.82, 2.24) is 14.7 Å². The summed E-state index contributed by atoms with van der Waals surface area (Å²) in [5.41, 5.74) is 1.38. The van der Waals surface area contributed by atoms with Crippen LogP contribution in [0.1, 0.15) is 24.4 Å². The molecule has 1 aromatic heterocycles. The molecule has 0 radical (unpaired) electrons. The molecule has 1 aromatic carbocycles. The lowest BCUT2D eigenvalue weighted by molar-refractivity contribution is 0.312. The van der Waals surface area contributed by atoms with E-state index in [-0.39, 0.29) is 17.2 Å². The number of hydrogen-bond donors (Lipinski definition) is 0. The molecule has 2 fully saturated rings. The Bertz CT molecular complexity index is 976. The summed E-state index contributed by atoms with van der Waals surface area (Å²) in [6.45, 7) is 4.96. The van der Waals surface area contributed by atoms with Crippen LogP contribution in [-0.4, -0.2) is 61.0 Å². The molecule has 2 saturated heterocycles. The minimum absolute atomic E-state index is 0.0545. The van der Waals surface area contributed by atoms with E-state index < -0.39 is 5.82 Å². The second-order valence-corrected chi connectivity index (χ2v) is 7.77. The van der Waals surface area contributed by atoms with E-state index in [2.05, 4.69) is 21.9 Å². The van der Waals surface area contributed by atoms with Crippen LogP contribution in [-0.2, 0) is 0 Å². The Morgan fingerprint density at radius 1 is 1.17 bits per heavy atom. The van der Waals surface area contributed by atoms with Crippen molar-refractivity contribution in [3.8, 4) is 6.07 Å². The van der Waals surface area contributed by atoms with E-state index >= 15 is 0 Å². The van der Waals surface area contributed by atoms with Gasteiger partial charge in [0.2, 0.25) is 0 Å². The average Bonchev–Trinajstić information content (AvgIpc) is 2.74. The highest BCUT2D eigenvalue weighted by Gasteiger charge is 2.26. The maximum absolute atomic E-state index is 14.0. The fourth-order valence-corrected chi connectivity index (χ4v) is 4.18. The van der Waals surface area contributed by atoms with E-state index in [1.807, 2.05) is 11.0 Å². The van der Waals surface area contributed by atoms with Crippen LogP contribution in [0.5, 0.6) is 0 Å². The first kappa shape index (κ1) is 19.4. The molecular weight excluding hydrogens is 371 g/mol. The minimum atomic E-state index is -0.515. The number of piperazine rings is 1. The summed E-state index contributed by atoms with van der Waals surface area (Å²) in [4.78, 5) is 19.2. The summed E-state index contributed by atoms with van der Waals surface area (Å²) in [5.74, 6) is -0.515. The lowest BCUT2D eigenvalue weighted by atomic mass is 10.0. The molecule has 3 heterocycles. The minimum Gasteiger partial charge on any atom is -0.368 e. The summed E-state index contributed by atoms with van der Waals surface area (Å²) >= 11 is 0. The molecule has 1 atom stereocenters. The highest BCUT2D eigenvalue weighted by Crippen LogP contribution is 2.29. The molecule has 0 unspecified atom stereocenters. The number of rotatable bonds is 3. The Labute approximate surface area is 169 Å². The van der Waals surface area contributed by atoms with E-state index in [1.54, 1.807) is 24.4 Å². The molecule has 0 saturated carbocycles. The number of nitriles is 1. The first-order chi connectivity index (χ1) is 14.1. The zero-order valence-corrected chi connectivity index (χ0v) is 16.6. The third-order valence-electron chi connectivity index (χ3n) is 5.87. The number of aromatic nitrogens is 2. The van der Waals surface area contributed by atoms with Gasteiger partial charge in [0.25, 0.3) is 5.56 Å². The first-order valence-electron chi connectivity index (χ1n) is 10.0. The molecule has 0 aliphatic carbocycles. The molecule has 2 aliphatic heterocycles. The fraction of sp³-hybridized carbons (Fsp3) is 0.476. The summed E-state index contributed by atoms with van der Waals surface area (Å²) < 4.78 is 15.5. The fourth-order valence-electron chi connectivity index (χ4n) is 4.18. The van der Waals surface area contributed by atoms with E-state index in [0.717, 1.165) is 51.3 Å². The van der Waals surface area contributed by atoms with Gasteiger partial charge in [0.1, 0.15) is 17.4 Å². The number of likely N-dealkylation sites (N-methyl/N-ethyl adjacent to an activating group) is 1. The quantitative estimate of drug-likeness (QED) is 0.789. The van der Waals surface area contributed by atoms with Gasteiger partial charge in [-0.1, -0.05) is 6.07 Å². The third kappa shape index (κ3) is 3.96. The Kier molecular flexibility index (Phi) is 5.49. The maximum atomic E-state index is 14.0. The Morgan fingerprint density at radius 2 is 1.97 bits per heavy atom. The van der Waals surface area contributed by atoms with Gasteiger partial charge < -0.3 is 14.7 Å². The molecule has 29 heavy (non-hydrogen) atoms. The van der Waals surface area contributed by atoms with Crippen molar-refractivity contribution in [2.75, 3.05) is 56.1 Å². The number of piperidine rings is 1. The van der Waals surface area contributed by atoms with Crippen LogP contribution in [0.3, 0.4) is 0 Å². The zero-order chi connectivity index (χ0) is 20.4. The molecular formula is C21H25FN6O. The van der Waals surface area contributed by atoms with Crippen LogP contribution >= 0.6 is 0 Å². The van der Waals surface area contributed by atoms with Crippen LogP contribution in [0.15, 0.2) is 35.3 Å². The van der Waals surface area contributed by atoms with Gasteiger partial charge in [0, 0.05) is 45.3 Å². The van der Waals surface area contributed by atoms with Gasteiger partial charge >= 0.3 is 0 Å². The first-order valence-corrected chi connectivity index (χ1v) is 10.0. The van der Waals surface area contributed by atoms with Gasteiger partial charge in [-0.05, 0) is 32.0 Å². The average molecular weight is 396 g/mol. The Morgan fingerprint density at radius 3 is 2.69 bits per heavy atom. The van der Waals surface area contributed by atoms with Gasteiger partial charge in [0.05, 0.1) is 23.6 Å². The molecule has 0 N–H and O–H groups in total. The standard InChI is InChI=1S/C21H25FN6O/c1-25-8-10-26(11-9-25)17-12-21(29)28(24-14-17)16-4-3-7-27(15-16)20-6-2-5-19(22)18(20)13-23/h2,5-6,12,14,16H,3-4,7-11,15H2,1H3/t16-/m1/s1. The molecule has 0 amide bonds. The number of benzene rings is 1. The van der Waals surface area contributed by atoms with Crippen molar-refractivity contribution in [3.63, 3.8) is 0 Å². The van der Waals surface area contributed by atoms with Crippen molar-refractivity contribution in [2.24, 2.45) is 0 Å². The van der Waals surface area contributed by atoms with Crippen LogP contribution < -0.4 is 15.4 Å². The number of nitrogens with zero attached hydrogens (tertiary/aromatic N) is 6. The lowest BCUT2D eigenvalue weighted by Crippen LogP contribution is -2.45. The second kappa shape index (κ2) is 8.21.